The molecule has 1 fully saturated rings. The number of hydrogen-bond donors (Lipinski definition) is 1. The van der Waals surface area contributed by atoms with Crippen molar-refractivity contribution < 1.29 is 9.59 Å². The van der Waals surface area contributed by atoms with E-state index in [1.54, 1.807) is 7.05 Å². The highest BCUT2D eigenvalue weighted by molar-refractivity contribution is 5.76. The summed E-state index contributed by atoms with van der Waals surface area (Å²) in [7, 11) is 1.67. The third-order valence-corrected chi connectivity index (χ3v) is 5.02. The summed E-state index contributed by atoms with van der Waals surface area (Å²) in [6.07, 6.45) is 5.28. The lowest BCUT2D eigenvalue weighted by molar-refractivity contribution is -0.133. The number of piperidine rings is 1. The highest BCUT2D eigenvalue weighted by Crippen LogP contribution is 2.23. The predicted molar refractivity (Wildman–Crippen MR) is 101 cm³/mol. The van der Waals surface area contributed by atoms with Crippen molar-refractivity contribution in [2.45, 2.75) is 52.4 Å². The van der Waals surface area contributed by atoms with Crippen LogP contribution in [0.25, 0.3) is 0 Å². The lowest BCUT2D eigenvalue weighted by atomic mass is 9.89. The van der Waals surface area contributed by atoms with Crippen LogP contribution in [0, 0.1) is 11.8 Å². The second-order valence-corrected chi connectivity index (χ2v) is 7.62. The summed E-state index contributed by atoms with van der Waals surface area (Å²) >= 11 is 0. The van der Waals surface area contributed by atoms with Crippen LogP contribution in [0.3, 0.4) is 0 Å². The number of nitrogens with zero attached hydrogens (tertiary/aromatic N) is 1. The summed E-state index contributed by atoms with van der Waals surface area (Å²) in [6.45, 7) is 6.01. The van der Waals surface area contributed by atoms with Gasteiger partial charge in [-0.2, -0.15) is 0 Å². The number of nitrogens with one attached hydrogen (secondary N) is 1. The van der Waals surface area contributed by atoms with Gasteiger partial charge in [0.25, 0.3) is 0 Å². The number of aryl methyl sites for hydroxylation is 1. The van der Waals surface area contributed by atoms with Crippen LogP contribution in [0.15, 0.2) is 24.3 Å². The van der Waals surface area contributed by atoms with E-state index < -0.39 is 0 Å². The van der Waals surface area contributed by atoms with Gasteiger partial charge in [0.2, 0.25) is 11.8 Å². The molecule has 0 aromatic heterocycles. The summed E-state index contributed by atoms with van der Waals surface area (Å²) in [6, 6.07) is 8.66. The Kier molecular flexibility index (Phi) is 7.48. The average molecular weight is 344 g/mol. The first kappa shape index (κ1) is 19.5. The minimum Gasteiger partial charge on any atom is -0.359 e. The predicted octanol–water partition coefficient (Wildman–Crippen LogP) is 3.19. The van der Waals surface area contributed by atoms with Crippen molar-refractivity contribution in [2.24, 2.45) is 11.8 Å². The van der Waals surface area contributed by atoms with Gasteiger partial charge in [-0.15, -0.1) is 0 Å². The Balaban J connectivity index is 1.76. The number of benzene rings is 1. The van der Waals surface area contributed by atoms with Crippen LogP contribution in [0.1, 0.15) is 50.7 Å². The molecule has 4 nitrogen and oxygen atoms in total. The zero-order valence-corrected chi connectivity index (χ0v) is 15.9. The van der Waals surface area contributed by atoms with E-state index in [1.807, 2.05) is 4.90 Å². The number of likely N-dealkylation sites (tertiary alicyclic amines) is 1. The number of carbonyl (C=O) groups excluding carboxylic acids is 2. The third kappa shape index (κ3) is 6.52. The molecule has 4 heteroatoms. The molecule has 1 aromatic rings. The molecule has 0 aliphatic carbocycles. The molecule has 0 atom stereocenters. The zero-order valence-electron chi connectivity index (χ0n) is 15.9. The first-order valence-electron chi connectivity index (χ1n) is 9.54. The fourth-order valence-electron chi connectivity index (χ4n) is 3.42. The monoisotopic (exact) mass is 344 g/mol. The van der Waals surface area contributed by atoms with Crippen molar-refractivity contribution in [3.05, 3.63) is 35.4 Å². The molecule has 1 aromatic carbocycles. The summed E-state index contributed by atoms with van der Waals surface area (Å²) in [4.78, 5) is 25.5. The Bertz CT molecular complexity index is 558. The van der Waals surface area contributed by atoms with Gasteiger partial charge in [0, 0.05) is 33.0 Å². The van der Waals surface area contributed by atoms with Crippen molar-refractivity contribution in [3.8, 4) is 0 Å². The van der Waals surface area contributed by atoms with Gasteiger partial charge in [0.1, 0.15) is 0 Å². The molecular formula is C21H32N2O2. The third-order valence-electron chi connectivity index (χ3n) is 5.02. The second-order valence-electron chi connectivity index (χ2n) is 7.62. The fourth-order valence-corrected chi connectivity index (χ4v) is 3.42. The SMILES string of the molecule is CNC(=O)CCc1ccc(CC2CCN(C(=O)CC(C)C)CC2)cc1. The van der Waals surface area contributed by atoms with E-state index in [0.29, 0.717) is 30.6 Å². The first-order valence-corrected chi connectivity index (χ1v) is 9.54. The van der Waals surface area contributed by atoms with Gasteiger partial charge in [-0.3, -0.25) is 9.59 Å². The summed E-state index contributed by atoms with van der Waals surface area (Å²) in [5.41, 5.74) is 2.57. The molecule has 2 amide bonds. The van der Waals surface area contributed by atoms with Gasteiger partial charge >= 0.3 is 0 Å². The van der Waals surface area contributed by atoms with Crippen LogP contribution in [-0.4, -0.2) is 36.9 Å². The summed E-state index contributed by atoms with van der Waals surface area (Å²) in [5.74, 6) is 1.50. The molecule has 0 radical (unpaired) electrons. The van der Waals surface area contributed by atoms with Gasteiger partial charge in [-0.05, 0) is 48.6 Å². The molecule has 1 N–H and O–H groups in total. The van der Waals surface area contributed by atoms with Crippen molar-refractivity contribution in [3.63, 3.8) is 0 Å². The molecule has 25 heavy (non-hydrogen) atoms. The molecule has 0 saturated carbocycles. The molecule has 1 aliphatic rings. The fraction of sp³-hybridized carbons (Fsp3) is 0.619. The Hall–Kier alpha value is -1.84. The summed E-state index contributed by atoms with van der Waals surface area (Å²) in [5, 5.41) is 2.66. The Morgan fingerprint density at radius 3 is 2.28 bits per heavy atom. The van der Waals surface area contributed by atoms with Crippen molar-refractivity contribution in [2.75, 3.05) is 20.1 Å². The van der Waals surface area contributed by atoms with Gasteiger partial charge in [-0.25, -0.2) is 0 Å². The maximum absolute atomic E-state index is 12.1. The molecule has 0 spiro atoms. The maximum atomic E-state index is 12.1. The van der Waals surface area contributed by atoms with Crippen molar-refractivity contribution >= 4 is 11.8 Å². The highest BCUT2D eigenvalue weighted by Gasteiger charge is 2.23. The number of amides is 2. The quantitative estimate of drug-likeness (QED) is 0.826. The lowest BCUT2D eigenvalue weighted by Gasteiger charge is -2.32. The Labute approximate surface area is 152 Å². The van der Waals surface area contributed by atoms with Crippen LogP contribution in [0.2, 0.25) is 0 Å². The highest BCUT2D eigenvalue weighted by atomic mass is 16.2. The Morgan fingerprint density at radius 1 is 1.12 bits per heavy atom. The number of rotatable bonds is 7. The molecule has 138 valence electrons. The lowest BCUT2D eigenvalue weighted by Crippen LogP contribution is -2.39. The van der Waals surface area contributed by atoms with E-state index in [4.69, 9.17) is 0 Å². The smallest absolute Gasteiger partial charge is 0.222 e. The average Bonchev–Trinajstić information content (AvgIpc) is 2.61. The van der Waals surface area contributed by atoms with Gasteiger partial charge in [0.15, 0.2) is 0 Å². The van der Waals surface area contributed by atoms with Crippen LogP contribution in [0.4, 0.5) is 0 Å². The molecule has 0 bridgehead atoms. The minimum absolute atomic E-state index is 0.0860. The van der Waals surface area contributed by atoms with E-state index in [0.717, 1.165) is 38.8 Å². The minimum atomic E-state index is 0.0860. The molecule has 2 rings (SSSR count). The first-order chi connectivity index (χ1) is 12.0. The maximum Gasteiger partial charge on any atom is 0.222 e. The Morgan fingerprint density at radius 2 is 1.72 bits per heavy atom. The molecule has 1 heterocycles. The van der Waals surface area contributed by atoms with E-state index in [2.05, 4.69) is 43.4 Å². The molecule has 0 unspecified atom stereocenters. The largest absolute Gasteiger partial charge is 0.359 e. The van der Waals surface area contributed by atoms with Crippen LogP contribution >= 0.6 is 0 Å². The van der Waals surface area contributed by atoms with E-state index in [-0.39, 0.29) is 5.91 Å². The topological polar surface area (TPSA) is 49.4 Å². The summed E-state index contributed by atoms with van der Waals surface area (Å²) < 4.78 is 0. The normalized spacial score (nSPS) is 15.4. The van der Waals surface area contributed by atoms with E-state index >= 15 is 0 Å². The number of hydrogen-bond acceptors (Lipinski definition) is 2. The zero-order chi connectivity index (χ0) is 18.2. The second kappa shape index (κ2) is 9.59. The van der Waals surface area contributed by atoms with Crippen LogP contribution in [0.5, 0.6) is 0 Å². The molecular weight excluding hydrogens is 312 g/mol. The van der Waals surface area contributed by atoms with Crippen LogP contribution in [-0.2, 0) is 22.4 Å². The number of carbonyl (C=O) groups is 2. The van der Waals surface area contributed by atoms with Crippen molar-refractivity contribution in [1.29, 1.82) is 0 Å². The van der Waals surface area contributed by atoms with Crippen LogP contribution < -0.4 is 5.32 Å². The molecule has 1 saturated heterocycles. The molecule has 1 aliphatic heterocycles. The van der Waals surface area contributed by atoms with E-state index in [1.165, 1.54) is 11.1 Å². The standard InChI is InChI=1S/C21H32N2O2/c1-16(2)14-21(25)23-12-10-19(11-13-23)15-18-6-4-17(5-7-18)8-9-20(24)22-3/h4-7,16,19H,8-15H2,1-3H3,(H,22,24). The van der Waals surface area contributed by atoms with E-state index in [9.17, 15) is 9.59 Å². The van der Waals surface area contributed by atoms with Gasteiger partial charge in [-0.1, -0.05) is 38.1 Å². The van der Waals surface area contributed by atoms with Gasteiger partial charge < -0.3 is 10.2 Å². The van der Waals surface area contributed by atoms with Gasteiger partial charge in [0.05, 0.1) is 0 Å². The van der Waals surface area contributed by atoms with Crippen molar-refractivity contribution in [1.82, 2.24) is 10.2 Å².